The summed E-state index contributed by atoms with van der Waals surface area (Å²) in [6.07, 6.45) is 2.41. The van der Waals surface area contributed by atoms with Crippen LogP contribution in [0, 0.1) is 0 Å². The maximum atomic E-state index is 11.8. The van der Waals surface area contributed by atoms with Gasteiger partial charge in [-0.3, -0.25) is 0 Å². The molecule has 1 aromatic heterocycles. The summed E-state index contributed by atoms with van der Waals surface area (Å²) in [4.78, 5) is 9.07. The summed E-state index contributed by atoms with van der Waals surface area (Å²) in [6.45, 7) is 3.56. The van der Waals surface area contributed by atoms with E-state index in [9.17, 15) is 8.42 Å². The van der Waals surface area contributed by atoms with Crippen molar-refractivity contribution in [1.29, 1.82) is 0 Å². The molecule has 0 bridgehead atoms. The highest BCUT2D eigenvalue weighted by atomic mass is 32.2. The summed E-state index contributed by atoms with van der Waals surface area (Å²) in [5, 5.41) is 0. The van der Waals surface area contributed by atoms with E-state index in [-0.39, 0.29) is 4.90 Å². The number of nitrogens with one attached hydrogen (secondary N) is 1. The summed E-state index contributed by atoms with van der Waals surface area (Å²) in [7, 11) is -0.393. The van der Waals surface area contributed by atoms with Crippen LogP contribution in [0.4, 0.5) is 11.5 Å². The van der Waals surface area contributed by atoms with E-state index < -0.39 is 10.0 Å². The standard InChI is InChI=1S/C18H24N4O3S/c1-19-26(23,24)17-8-9-18(20-14-17)22-11-3-10-21(12-13-22)15-4-6-16(25-2)7-5-15/h4-9,14,19H,3,10-13H2,1-2H3. The molecule has 140 valence electrons. The van der Waals surface area contributed by atoms with E-state index in [1.54, 1.807) is 19.2 Å². The molecule has 1 aromatic carbocycles. The Morgan fingerprint density at radius 2 is 1.69 bits per heavy atom. The molecule has 1 N–H and O–H groups in total. The van der Waals surface area contributed by atoms with E-state index in [0.717, 1.165) is 44.2 Å². The highest BCUT2D eigenvalue weighted by Crippen LogP contribution is 2.22. The van der Waals surface area contributed by atoms with Crippen LogP contribution in [0.15, 0.2) is 47.5 Å². The summed E-state index contributed by atoms with van der Waals surface area (Å²) >= 11 is 0. The number of ether oxygens (including phenoxy) is 1. The number of nitrogens with zero attached hydrogens (tertiary/aromatic N) is 3. The molecule has 0 unspecified atom stereocenters. The van der Waals surface area contributed by atoms with Crippen LogP contribution < -0.4 is 19.3 Å². The highest BCUT2D eigenvalue weighted by Gasteiger charge is 2.18. The monoisotopic (exact) mass is 376 g/mol. The minimum atomic E-state index is -3.45. The predicted molar refractivity (Wildman–Crippen MR) is 103 cm³/mol. The Bertz CT molecular complexity index is 823. The third kappa shape index (κ3) is 4.08. The molecule has 7 nitrogen and oxygen atoms in total. The van der Waals surface area contributed by atoms with Gasteiger partial charge in [-0.15, -0.1) is 0 Å². The van der Waals surface area contributed by atoms with Gasteiger partial charge in [-0.2, -0.15) is 0 Å². The molecule has 26 heavy (non-hydrogen) atoms. The Hall–Kier alpha value is -2.32. The van der Waals surface area contributed by atoms with Crippen molar-refractivity contribution in [3.63, 3.8) is 0 Å². The van der Waals surface area contributed by atoms with Crippen molar-refractivity contribution in [3.8, 4) is 5.75 Å². The Morgan fingerprint density at radius 1 is 1.00 bits per heavy atom. The van der Waals surface area contributed by atoms with E-state index in [4.69, 9.17) is 4.74 Å². The number of benzene rings is 1. The van der Waals surface area contributed by atoms with Crippen LogP contribution in [0.3, 0.4) is 0 Å². The zero-order valence-corrected chi connectivity index (χ0v) is 15.9. The van der Waals surface area contributed by atoms with Crippen LogP contribution in [-0.4, -0.2) is 53.7 Å². The molecule has 0 saturated carbocycles. The van der Waals surface area contributed by atoms with Crippen molar-refractivity contribution in [2.45, 2.75) is 11.3 Å². The fraction of sp³-hybridized carbons (Fsp3) is 0.389. The van der Waals surface area contributed by atoms with Crippen LogP contribution in [0.5, 0.6) is 5.75 Å². The van der Waals surface area contributed by atoms with Gasteiger partial charge in [0.1, 0.15) is 16.5 Å². The Morgan fingerprint density at radius 3 is 2.31 bits per heavy atom. The van der Waals surface area contributed by atoms with Crippen molar-refractivity contribution in [1.82, 2.24) is 9.71 Å². The molecule has 8 heteroatoms. The lowest BCUT2D eigenvalue weighted by molar-refractivity contribution is 0.415. The molecule has 0 spiro atoms. The minimum Gasteiger partial charge on any atom is -0.497 e. The van der Waals surface area contributed by atoms with Crippen LogP contribution >= 0.6 is 0 Å². The number of rotatable bonds is 5. The molecule has 1 aliphatic heterocycles. The largest absolute Gasteiger partial charge is 0.497 e. The number of pyridine rings is 1. The quantitative estimate of drug-likeness (QED) is 0.856. The maximum Gasteiger partial charge on any atom is 0.241 e. The molecule has 2 heterocycles. The van der Waals surface area contributed by atoms with Crippen LogP contribution in [0.1, 0.15) is 6.42 Å². The Balaban J connectivity index is 1.68. The lowest BCUT2D eigenvalue weighted by Crippen LogP contribution is -2.31. The first-order chi connectivity index (χ1) is 12.5. The van der Waals surface area contributed by atoms with Gasteiger partial charge in [0.2, 0.25) is 10.0 Å². The second kappa shape index (κ2) is 7.92. The fourth-order valence-corrected chi connectivity index (χ4v) is 3.71. The van der Waals surface area contributed by atoms with Gasteiger partial charge in [-0.05, 0) is 49.9 Å². The third-order valence-corrected chi connectivity index (χ3v) is 5.96. The van der Waals surface area contributed by atoms with E-state index in [2.05, 4.69) is 31.6 Å². The molecule has 1 aliphatic rings. The average Bonchev–Trinajstić information content (AvgIpc) is 2.94. The van der Waals surface area contributed by atoms with Gasteiger partial charge in [0.25, 0.3) is 0 Å². The molecular weight excluding hydrogens is 352 g/mol. The molecule has 0 atom stereocenters. The third-order valence-electron chi connectivity index (χ3n) is 4.56. The number of anilines is 2. The van der Waals surface area contributed by atoms with Crippen LogP contribution in [0.2, 0.25) is 0 Å². The lowest BCUT2D eigenvalue weighted by atomic mass is 10.2. The number of hydrogen-bond donors (Lipinski definition) is 1. The number of hydrogen-bond acceptors (Lipinski definition) is 6. The molecule has 0 aliphatic carbocycles. The van der Waals surface area contributed by atoms with Crippen molar-refractivity contribution < 1.29 is 13.2 Å². The summed E-state index contributed by atoms with van der Waals surface area (Å²) < 4.78 is 31.1. The lowest BCUT2D eigenvalue weighted by Gasteiger charge is -2.24. The van der Waals surface area contributed by atoms with Gasteiger partial charge in [0.15, 0.2) is 0 Å². The summed E-state index contributed by atoms with van der Waals surface area (Å²) in [5.41, 5.74) is 1.18. The topological polar surface area (TPSA) is 74.8 Å². The fourth-order valence-electron chi connectivity index (χ4n) is 3.03. The predicted octanol–water partition coefficient (Wildman–Crippen LogP) is 1.71. The number of sulfonamides is 1. The highest BCUT2D eigenvalue weighted by molar-refractivity contribution is 7.89. The molecule has 0 radical (unpaired) electrons. The summed E-state index contributed by atoms with van der Waals surface area (Å²) in [6, 6.07) is 11.5. The molecule has 1 fully saturated rings. The Kier molecular flexibility index (Phi) is 5.63. The Labute approximate surface area is 154 Å². The smallest absolute Gasteiger partial charge is 0.241 e. The van der Waals surface area contributed by atoms with Crippen molar-refractivity contribution >= 4 is 21.5 Å². The van der Waals surface area contributed by atoms with Gasteiger partial charge in [0, 0.05) is 38.1 Å². The van der Waals surface area contributed by atoms with Gasteiger partial charge < -0.3 is 14.5 Å². The summed E-state index contributed by atoms with van der Waals surface area (Å²) in [5.74, 6) is 1.66. The molecule has 0 amide bonds. The van der Waals surface area contributed by atoms with Gasteiger partial charge in [0.05, 0.1) is 7.11 Å². The van der Waals surface area contributed by atoms with Crippen LogP contribution in [-0.2, 0) is 10.0 Å². The van der Waals surface area contributed by atoms with Crippen molar-refractivity contribution in [2.75, 3.05) is 50.1 Å². The van der Waals surface area contributed by atoms with Crippen molar-refractivity contribution in [2.24, 2.45) is 0 Å². The van der Waals surface area contributed by atoms with Gasteiger partial charge in [-0.1, -0.05) is 0 Å². The normalized spacial score (nSPS) is 15.6. The molecule has 3 rings (SSSR count). The van der Waals surface area contributed by atoms with Gasteiger partial charge in [-0.25, -0.2) is 18.1 Å². The number of methoxy groups -OCH3 is 1. The second-order valence-electron chi connectivity index (χ2n) is 6.09. The zero-order valence-electron chi connectivity index (χ0n) is 15.1. The van der Waals surface area contributed by atoms with E-state index in [1.807, 2.05) is 12.1 Å². The van der Waals surface area contributed by atoms with E-state index >= 15 is 0 Å². The second-order valence-corrected chi connectivity index (χ2v) is 7.97. The molecule has 2 aromatic rings. The first kappa shape index (κ1) is 18.5. The first-order valence-corrected chi connectivity index (χ1v) is 10.1. The number of aromatic nitrogens is 1. The van der Waals surface area contributed by atoms with Crippen LogP contribution in [0.25, 0.3) is 0 Å². The average molecular weight is 376 g/mol. The maximum absolute atomic E-state index is 11.8. The zero-order chi connectivity index (χ0) is 18.6. The SMILES string of the molecule is CNS(=O)(=O)c1ccc(N2CCCN(c3ccc(OC)cc3)CC2)nc1. The molecule has 1 saturated heterocycles. The minimum absolute atomic E-state index is 0.179. The van der Waals surface area contributed by atoms with Crippen molar-refractivity contribution in [3.05, 3.63) is 42.6 Å². The van der Waals surface area contributed by atoms with E-state index in [0.29, 0.717) is 0 Å². The van der Waals surface area contributed by atoms with E-state index in [1.165, 1.54) is 18.9 Å². The molecular formula is C18H24N4O3S. The van der Waals surface area contributed by atoms with Gasteiger partial charge >= 0.3 is 0 Å². The first-order valence-electron chi connectivity index (χ1n) is 8.57.